The topological polar surface area (TPSA) is 104 Å². The number of rotatable bonds is 24. The lowest BCUT2D eigenvalue weighted by atomic mass is 9.74. The second kappa shape index (κ2) is 26.8. The predicted octanol–water partition coefficient (Wildman–Crippen LogP) is 14.9. The molecule has 5 nitrogen and oxygen atoms in total. The Hall–Kier alpha value is -4.16. The molecular weight excluding hydrogens is 721 g/mol. The molecule has 2 aromatic carbocycles. The first-order chi connectivity index (χ1) is 29.0. The van der Waals surface area contributed by atoms with Gasteiger partial charge in [-0.25, -0.2) is 0 Å². The van der Waals surface area contributed by atoms with E-state index in [1.54, 1.807) is 0 Å². The van der Waals surface area contributed by atoms with E-state index in [0.29, 0.717) is 47.3 Å². The fourth-order valence-electron chi connectivity index (χ4n) is 10.1. The highest BCUT2D eigenvalue weighted by Crippen LogP contribution is 2.43. The summed E-state index contributed by atoms with van der Waals surface area (Å²) in [4.78, 5) is 0. The monoisotopic (exact) mass is 795 g/mol. The lowest BCUT2D eigenvalue weighted by Gasteiger charge is -2.31. The first-order valence-corrected chi connectivity index (χ1v) is 23.9. The van der Waals surface area contributed by atoms with Crippen LogP contribution in [0.15, 0.2) is 36.4 Å². The number of nitriles is 4. The summed E-state index contributed by atoms with van der Waals surface area (Å²) in [5.41, 5.74) is 8.17. The zero-order valence-corrected chi connectivity index (χ0v) is 37.4. The van der Waals surface area contributed by atoms with Crippen molar-refractivity contribution in [2.24, 2.45) is 23.7 Å². The second-order valence-corrected chi connectivity index (χ2v) is 17.7. The van der Waals surface area contributed by atoms with Gasteiger partial charge in [0, 0.05) is 0 Å². The van der Waals surface area contributed by atoms with Crippen LogP contribution < -0.4 is 0 Å². The fraction of sp³-hybridized carbons (Fsp3) is 0.630. The van der Waals surface area contributed by atoms with Crippen LogP contribution in [0.2, 0.25) is 0 Å². The first kappa shape index (κ1) is 47.5. The van der Waals surface area contributed by atoms with Gasteiger partial charge >= 0.3 is 0 Å². The van der Waals surface area contributed by atoms with Crippen molar-refractivity contribution >= 4 is 11.1 Å². The smallest absolute Gasteiger partial charge is 0.101 e. The van der Waals surface area contributed by atoms with Crippen LogP contribution in [0.4, 0.5) is 0 Å². The van der Waals surface area contributed by atoms with Crippen LogP contribution in [0, 0.1) is 69.0 Å². The van der Waals surface area contributed by atoms with E-state index in [4.69, 9.17) is 4.74 Å². The van der Waals surface area contributed by atoms with Gasteiger partial charge in [0.1, 0.15) is 24.3 Å². The van der Waals surface area contributed by atoms with Gasteiger partial charge in [0.15, 0.2) is 0 Å². The molecule has 5 heteroatoms. The molecule has 0 aromatic heterocycles. The van der Waals surface area contributed by atoms with Crippen LogP contribution in [-0.4, -0.2) is 13.2 Å². The van der Waals surface area contributed by atoms with E-state index in [1.165, 1.54) is 77.0 Å². The average molecular weight is 795 g/mol. The molecule has 0 heterocycles. The third-order valence-corrected chi connectivity index (χ3v) is 13.6. The van der Waals surface area contributed by atoms with Crippen molar-refractivity contribution in [3.05, 3.63) is 80.9 Å². The van der Waals surface area contributed by atoms with Gasteiger partial charge in [-0.15, -0.1) is 0 Å². The number of hydrogen-bond acceptors (Lipinski definition) is 5. The van der Waals surface area contributed by atoms with Crippen LogP contribution in [0.25, 0.3) is 11.1 Å². The van der Waals surface area contributed by atoms with E-state index in [2.05, 4.69) is 88.4 Å². The van der Waals surface area contributed by atoms with Crippen LogP contribution in [0.3, 0.4) is 0 Å². The van der Waals surface area contributed by atoms with Gasteiger partial charge in [0.25, 0.3) is 0 Å². The van der Waals surface area contributed by atoms with Crippen molar-refractivity contribution in [1.29, 1.82) is 21.0 Å². The molecule has 2 aliphatic rings. The summed E-state index contributed by atoms with van der Waals surface area (Å²) in [5.74, 6) is 2.17. The quantitative estimate of drug-likeness (QED) is 0.0984. The van der Waals surface area contributed by atoms with E-state index < -0.39 is 0 Å². The number of benzene rings is 2. The maximum absolute atomic E-state index is 10.5. The first-order valence-electron chi connectivity index (χ1n) is 23.9. The van der Waals surface area contributed by atoms with Crippen molar-refractivity contribution in [2.75, 3.05) is 13.2 Å². The predicted molar refractivity (Wildman–Crippen MR) is 244 cm³/mol. The van der Waals surface area contributed by atoms with Crippen LogP contribution in [0.5, 0.6) is 0 Å². The maximum Gasteiger partial charge on any atom is 0.101 e. The highest BCUT2D eigenvalue weighted by atomic mass is 16.5. The summed E-state index contributed by atoms with van der Waals surface area (Å²) >= 11 is 0. The summed E-state index contributed by atoms with van der Waals surface area (Å²) in [6, 6.07) is 18.2. The minimum absolute atomic E-state index is 0.322. The Balaban J connectivity index is 1.64. The van der Waals surface area contributed by atoms with E-state index in [9.17, 15) is 21.0 Å². The Bertz CT molecular complexity index is 1690. The molecular formula is C54H74N4O. The number of hydrogen-bond donors (Lipinski definition) is 0. The molecule has 0 atom stereocenters. The summed E-state index contributed by atoms with van der Waals surface area (Å²) in [7, 11) is 0. The number of unbranched alkanes of at least 4 members (excludes halogenated alkanes) is 8. The highest BCUT2D eigenvalue weighted by Gasteiger charge is 2.29. The van der Waals surface area contributed by atoms with Crippen LogP contribution in [-0.2, 0) is 17.6 Å². The van der Waals surface area contributed by atoms with E-state index in [1.807, 2.05) is 0 Å². The summed E-state index contributed by atoms with van der Waals surface area (Å²) in [5, 5.41) is 41.8. The van der Waals surface area contributed by atoms with Gasteiger partial charge < -0.3 is 4.74 Å². The standard InChI is InChI=1S/C54H74N4O/c1-5-9-13-17-41-21-25-45(26-22-41)47(49-31-29-43(19-15-11-7-3)51(37-55)53(49)39-57)33-35-59-36-34-48(46-27-23-42(24-28-46)18-14-10-6-2)50-32-30-44(20-16-12-8-4)52(38-56)54(50)40-58/h29-34,41-42,45-46H,5-28,35-36H2,1-4H3. The SMILES string of the molecule is CCCCCc1ccc(C(=CCOCC=C(c2ccc(CCCCC)c(C#N)c2C#N)C2CCC(CCCCC)CC2)C2CCC(CCCCC)CC2)c(C#N)c1C#N. The molecule has 0 radical (unpaired) electrons. The molecule has 2 fully saturated rings. The molecule has 0 saturated heterocycles. The summed E-state index contributed by atoms with van der Waals surface area (Å²) in [6.45, 7) is 9.70. The third kappa shape index (κ3) is 14.0. The average Bonchev–Trinajstić information content (AvgIpc) is 3.27. The second-order valence-electron chi connectivity index (χ2n) is 17.7. The normalized spacial score (nSPS) is 19.7. The summed E-state index contributed by atoms with van der Waals surface area (Å²) < 4.78 is 6.48. The Kier molecular flexibility index (Phi) is 21.6. The Morgan fingerprint density at radius 2 is 0.847 bits per heavy atom. The van der Waals surface area contributed by atoms with Crippen molar-refractivity contribution < 1.29 is 4.74 Å². The van der Waals surface area contributed by atoms with Gasteiger partial charge in [0.05, 0.1) is 35.5 Å². The number of nitrogens with zero attached hydrogens (tertiary/aromatic N) is 4. The van der Waals surface area contributed by atoms with E-state index in [0.717, 1.165) is 122 Å². The van der Waals surface area contributed by atoms with E-state index >= 15 is 0 Å². The Morgan fingerprint density at radius 3 is 1.19 bits per heavy atom. The Labute approximate surface area is 359 Å². The Morgan fingerprint density at radius 1 is 0.492 bits per heavy atom. The largest absolute Gasteiger partial charge is 0.373 e. The molecule has 316 valence electrons. The molecule has 0 N–H and O–H groups in total. The molecule has 0 spiro atoms. The fourth-order valence-corrected chi connectivity index (χ4v) is 10.1. The van der Waals surface area contributed by atoms with E-state index in [-0.39, 0.29) is 0 Å². The summed E-state index contributed by atoms with van der Waals surface area (Å²) in [6.07, 6.45) is 32.0. The van der Waals surface area contributed by atoms with Gasteiger partial charge in [0.2, 0.25) is 0 Å². The van der Waals surface area contributed by atoms with Gasteiger partial charge in [-0.05, 0) is 134 Å². The van der Waals surface area contributed by atoms with Gasteiger partial charge in [-0.3, -0.25) is 0 Å². The lowest BCUT2D eigenvalue weighted by molar-refractivity contribution is 0.193. The number of aryl methyl sites for hydroxylation is 2. The molecule has 2 aliphatic carbocycles. The van der Waals surface area contributed by atoms with Gasteiger partial charge in [-0.1, -0.05) is 141 Å². The van der Waals surface area contributed by atoms with Crippen molar-refractivity contribution in [3.63, 3.8) is 0 Å². The molecule has 2 saturated carbocycles. The van der Waals surface area contributed by atoms with Crippen molar-refractivity contribution in [2.45, 2.75) is 182 Å². The molecule has 0 bridgehead atoms. The number of ether oxygens (including phenoxy) is 1. The molecule has 0 unspecified atom stereocenters. The molecule has 0 aliphatic heterocycles. The highest BCUT2D eigenvalue weighted by molar-refractivity contribution is 5.77. The molecule has 4 rings (SSSR count). The van der Waals surface area contributed by atoms with Crippen LogP contribution >= 0.6 is 0 Å². The lowest BCUT2D eigenvalue weighted by Crippen LogP contribution is -2.17. The molecule has 2 aromatic rings. The molecule has 59 heavy (non-hydrogen) atoms. The molecule has 0 amide bonds. The minimum atomic E-state index is 0.322. The third-order valence-electron chi connectivity index (χ3n) is 13.6. The maximum atomic E-state index is 10.5. The zero-order valence-electron chi connectivity index (χ0n) is 37.4. The van der Waals surface area contributed by atoms with Crippen molar-refractivity contribution in [3.8, 4) is 24.3 Å². The zero-order chi connectivity index (χ0) is 42.2. The van der Waals surface area contributed by atoms with Crippen molar-refractivity contribution in [1.82, 2.24) is 0 Å². The van der Waals surface area contributed by atoms with Gasteiger partial charge in [-0.2, -0.15) is 21.0 Å². The minimum Gasteiger partial charge on any atom is -0.373 e. The van der Waals surface area contributed by atoms with Crippen LogP contribution in [0.1, 0.15) is 213 Å². The number of allylic oxidation sites excluding steroid dienone is 2.